The molecule has 0 aliphatic carbocycles. The highest BCUT2D eigenvalue weighted by molar-refractivity contribution is 5.93. The third-order valence-electron chi connectivity index (χ3n) is 21.2. The van der Waals surface area contributed by atoms with E-state index in [9.17, 15) is 57.5 Å². The number of nitrogens with one attached hydrogen (secondary N) is 5. The molecule has 0 aliphatic rings. The molecular weight excluding hydrogens is 1860 g/mol. The van der Waals surface area contributed by atoms with Crippen molar-refractivity contribution in [2.45, 2.75) is 415 Å². The lowest BCUT2D eigenvalue weighted by Crippen LogP contribution is -2.49. The first-order valence-electron chi connectivity index (χ1n) is 43.9. The molecule has 6 atom stereocenters. The Kier molecular flexibility index (Phi) is 109. The average Bonchev–Trinajstić information content (AvgIpc) is 0.825. The predicted molar refractivity (Wildman–Crippen MR) is 608 cm³/mol. The van der Waals surface area contributed by atoms with Crippen LogP contribution in [0, 0.1) is 16.7 Å². The molecule has 1 aromatic carbocycles. The minimum Gasteiger partial charge on any atom is -0.469 e. The first kappa shape index (κ1) is 173. The number of carbonyl (C=O) groups is 12. The summed E-state index contributed by atoms with van der Waals surface area (Å²) in [6.45, 7) is 36.3. The van der Waals surface area contributed by atoms with E-state index < -0.39 is 63.5 Å². The summed E-state index contributed by atoms with van der Waals surface area (Å²) in [6.07, 6.45) is 22.1. The standard InChI is InChI=1S/C22H29N3O2.C22H33NO7.C21H33N3O4.C18H26N2O5.C14H21NO3.18CH4/c1-4-22(3,16-17(2)18-8-6-5-7-9-18)25-21(27)11-10-20(26)24-19-12-14-23-15-13-19;1-6-22(5,30-18(24)11-10-17-9-8-12-23-15-17)16-21(3,4)19(25)28-13-14-29-20(26)27-7-2;1-6-21(4,15-20(2,3)19(27)28-5)24-18(26)11-10-17(25)23-14-12-16-9-7-8-13-22-16;1-5-18(4,11-13(2)14(3)21)20-17(23)25-10-9-24-16(22)15-7-6-8-19-12-15;1-4-14(2,3)18-13(16)17-10-6-8-12-7-5-9-15-11-12;;;;;;;;;;;;;;;;;;/h5-9,12-15,17H,4,10-11,16H2,1-3H3,(H,25,27)(H,23,24,26);8-9,12,15H,6-7,10-11,13-14,16H2,1-5H3;7-9,13H,6,10-12,14-15H2,1-5H3,(H,23,25)(H,24,26);6-8,12-13H,5,9-11H2,1-4H3,(H,20,23);5,7,9,11H,4,6,8,10H2,1-3H3;18*1H4. The second-order valence-electron chi connectivity index (χ2n) is 34.1. The Labute approximate surface area is 889 Å². The Morgan fingerprint density at radius 3 is 1.34 bits per heavy atom. The molecular formula is C115H214N10O21. The highest BCUT2D eigenvalue weighted by Crippen LogP contribution is 2.36. The predicted octanol–water partition coefficient (Wildman–Crippen LogP) is 28.1. The Bertz CT molecular complexity index is 4300. The number of alkyl carbamates (subject to hydrolysis) is 1. The summed E-state index contributed by atoms with van der Waals surface area (Å²) in [5, 5.41) is 14.5. The lowest BCUT2D eigenvalue weighted by molar-refractivity contribution is -0.170. The van der Waals surface area contributed by atoms with Crippen molar-refractivity contribution < 1.29 is 100 Å². The van der Waals surface area contributed by atoms with Gasteiger partial charge in [-0.05, 0) is 225 Å². The number of Topliss-reactive ketones (excluding diaryl/α,β-unsaturated/α-hetero) is 1. The number of hydrogen-bond acceptors (Lipinski definition) is 26. The van der Waals surface area contributed by atoms with Crippen LogP contribution in [-0.2, 0) is 100 Å². The highest BCUT2D eigenvalue weighted by Gasteiger charge is 2.41. The molecule has 0 aliphatic heterocycles. The molecule has 5 amide bonds. The Hall–Kier alpha value is -11.8. The van der Waals surface area contributed by atoms with Crippen LogP contribution in [0.4, 0.5) is 20.1 Å². The molecule has 0 bridgehead atoms. The molecule has 6 rings (SSSR count). The van der Waals surface area contributed by atoms with E-state index in [0.29, 0.717) is 81.7 Å². The molecule has 0 radical (unpaired) electrons. The van der Waals surface area contributed by atoms with E-state index in [0.717, 1.165) is 48.9 Å². The molecule has 146 heavy (non-hydrogen) atoms. The van der Waals surface area contributed by atoms with Crippen molar-refractivity contribution in [3.05, 3.63) is 181 Å². The minimum atomic E-state index is -0.891. The van der Waals surface area contributed by atoms with Crippen molar-refractivity contribution in [3.63, 3.8) is 0 Å². The number of rotatable bonds is 47. The molecule has 31 nitrogen and oxygen atoms in total. The number of ketones is 1. The van der Waals surface area contributed by atoms with Crippen LogP contribution in [0.1, 0.15) is 400 Å². The fraction of sp³-hybridized carbons (Fsp3) is 0.626. The van der Waals surface area contributed by atoms with Gasteiger partial charge in [0.1, 0.15) is 43.4 Å². The van der Waals surface area contributed by atoms with Crippen LogP contribution in [0.15, 0.2) is 153 Å². The minimum absolute atomic E-state index is 0. The van der Waals surface area contributed by atoms with Crippen molar-refractivity contribution >= 4 is 77.4 Å². The first-order chi connectivity index (χ1) is 60.4. The van der Waals surface area contributed by atoms with E-state index in [1.807, 2.05) is 136 Å². The van der Waals surface area contributed by atoms with Gasteiger partial charge in [-0.15, -0.1) is 0 Å². The first-order valence-corrected chi connectivity index (χ1v) is 43.9. The smallest absolute Gasteiger partial charge is 0.469 e. The van der Waals surface area contributed by atoms with Gasteiger partial charge in [-0.3, -0.25) is 63.3 Å². The quantitative estimate of drug-likeness (QED) is 0.0135. The molecule has 850 valence electrons. The van der Waals surface area contributed by atoms with E-state index in [-0.39, 0.29) is 252 Å². The molecule has 0 spiro atoms. The molecule has 0 saturated heterocycles. The number of ether oxygens (including phenoxy) is 9. The number of carbonyl (C=O) groups excluding carboxylic acids is 12. The van der Waals surface area contributed by atoms with E-state index in [4.69, 9.17) is 37.9 Å². The number of hydrogen-bond donors (Lipinski definition) is 5. The van der Waals surface area contributed by atoms with Gasteiger partial charge in [0.05, 0.1) is 36.7 Å². The molecule has 5 aromatic heterocycles. The van der Waals surface area contributed by atoms with Gasteiger partial charge in [0.15, 0.2) is 0 Å². The molecule has 6 unspecified atom stereocenters. The zero-order valence-electron chi connectivity index (χ0n) is 79.1. The molecule has 0 fully saturated rings. The largest absolute Gasteiger partial charge is 0.508 e. The van der Waals surface area contributed by atoms with Gasteiger partial charge in [0.25, 0.3) is 0 Å². The van der Waals surface area contributed by atoms with Crippen LogP contribution in [0.25, 0.3) is 0 Å². The van der Waals surface area contributed by atoms with Crippen LogP contribution in [-0.4, -0.2) is 178 Å². The van der Waals surface area contributed by atoms with Gasteiger partial charge < -0.3 is 69.2 Å². The van der Waals surface area contributed by atoms with E-state index >= 15 is 0 Å². The molecule has 5 N–H and O–H groups in total. The topological polar surface area (TPSA) is 413 Å². The summed E-state index contributed by atoms with van der Waals surface area (Å²) < 4.78 is 45.4. The number of nitrogens with zero attached hydrogens (tertiary/aromatic N) is 5. The number of esters is 4. The Morgan fingerprint density at radius 2 is 0.863 bits per heavy atom. The van der Waals surface area contributed by atoms with Gasteiger partial charge in [-0.1, -0.05) is 231 Å². The zero-order chi connectivity index (χ0) is 95.8. The maximum atomic E-state index is 12.5. The molecule has 6 aromatic rings. The summed E-state index contributed by atoms with van der Waals surface area (Å²) in [5.41, 5.74) is 1.05. The van der Waals surface area contributed by atoms with Crippen molar-refractivity contribution in [3.8, 4) is 0 Å². The monoisotopic (exact) mass is 2070 g/mol. The number of pyridine rings is 5. The summed E-state index contributed by atoms with van der Waals surface area (Å²) in [4.78, 5) is 163. The van der Waals surface area contributed by atoms with Gasteiger partial charge in [0, 0.05) is 141 Å². The third kappa shape index (κ3) is 75.9. The number of benzene rings is 1. The molecule has 31 heteroatoms. The molecule has 0 saturated carbocycles. The summed E-state index contributed by atoms with van der Waals surface area (Å²) in [7, 11) is 1.36. The van der Waals surface area contributed by atoms with Crippen LogP contribution < -0.4 is 26.6 Å². The van der Waals surface area contributed by atoms with Crippen molar-refractivity contribution in [1.29, 1.82) is 0 Å². The fourth-order valence-corrected chi connectivity index (χ4v) is 12.8. The van der Waals surface area contributed by atoms with Crippen LogP contribution >= 0.6 is 0 Å². The van der Waals surface area contributed by atoms with E-state index in [1.165, 1.54) is 25.8 Å². The number of methoxy groups -OCH3 is 1. The van der Waals surface area contributed by atoms with Gasteiger partial charge in [-0.2, -0.15) is 0 Å². The lowest BCUT2D eigenvalue weighted by atomic mass is 9.77. The van der Waals surface area contributed by atoms with Crippen LogP contribution in [0.3, 0.4) is 0 Å². The SMILES string of the molecule is C.C.C.C.C.C.C.C.C.C.C.C.C.C.C.C.C.C.CCC(C)(C)OC(=O)OCCCc1cccnc1.CCC(C)(CC(C)(C)C(=O)OC)NC(=O)CCC(=O)NCCc1ccccn1.CCC(C)(CC(C)C(C)=O)NC(=O)OCCOC(=O)c1cccnc1.CCC(C)(CC(C)c1ccccc1)NC(=O)CCC(=O)Nc1ccncc1.CCOC(=O)OCCOC(=O)C(C)(C)CC(C)(CC)OC(=O)CCc1cccnc1. The Morgan fingerprint density at radius 1 is 0.390 bits per heavy atom. The number of aryl methyl sites for hydroxylation is 2. The molecule has 5 heterocycles. The van der Waals surface area contributed by atoms with Crippen molar-refractivity contribution in [2.75, 3.05) is 58.6 Å². The normalized spacial score (nSPS) is 11.6. The lowest BCUT2D eigenvalue weighted by Gasteiger charge is -2.36. The van der Waals surface area contributed by atoms with Crippen LogP contribution in [0.2, 0.25) is 0 Å². The summed E-state index contributed by atoms with van der Waals surface area (Å²) in [5.74, 6) is -1.98. The zero-order valence-corrected chi connectivity index (χ0v) is 79.1. The van der Waals surface area contributed by atoms with Crippen LogP contribution in [0.5, 0.6) is 0 Å². The van der Waals surface area contributed by atoms with Crippen molar-refractivity contribution in [1.82, 2.24) is 46.2 Å². The summed E-state index contributed by atoms with van der Waals surface area (Å²) in [6, 6.07) is 30.3. The Balaban J connectivity index is -0.0000000927. The van der Waals surface area contributed by atoms with Crippen molar-refractivity contribution in [2.24, 2.45) is 16.7 Å². The van der Waals surface area contributed by atoms with Gasteiger partial charge in [0.2, 0.25) is 23.6 Å². The summed E-state index contributed by atoms with van der Waals surface area (Å²) >= 11 is 0. The average molecular weight is 2070 g/mol. The number of anilines is 1. The third-order valence-corrected chi connectivity index (χ3v) is 21.2. The van der Waals surface area contributed by atoms with E-state index in [1.54, 1.807) is 102 Å². The maximum absolute atomic E-state index is 12.5. The number of amides is 5. The second-order valence-corrected chi connectivity index (χ2v) is 34.1. The fourth-order valence-electron chi connectivity index (χ4n) is 12.8. The van der Waals surface area contributed by atoms with E-state index in [2.05, 4.69) is 89.1 Å². The maximum Gasteiger partial charge on any atom is 0.508 e. The highest BCUT2D eigenvalue weighted by atomic mass is 16.7. The van der Waals surface area contributed by atoms with Gasteiger partial charge >= 0.3 is 42.3 Å². The number of aromatic nitrogens is 5. The van der Waals surface area contributed by atoms with Gasteiger partial charge in [-0.25, -0.2) is 19.2 Å². The second kappa shape index (κ2) is 91.9.